The van der Waals surface area contributed by atoms with Gasteiger partial charge in [0.1, 0.15) is 11.5 Å². The summed E-state index contributed by atoms with van der Waals surface area (Å²) < 4.78 is 5.61. The molecular weight excluding hydrogens is 274 g/mol. The molecule has 1 heterocycles. The van der Waals surface area contributed by atoms with Crippen LogP contribution in [0.5, 0.6) is 0 Å². The highest BCUT2D eigenvalue weighted by Gasteiger charge is 2.51. The summed E-state index contributed by atoms with van der Waals surface area (Å²) >= 11 is 0. The highest BCUT2D eigenvalue weighted by atomic mass is 16.3. The molecule has 1 aliphatic rings. The fourth-order valence-corrected chi connectivity index (χ4v) is 3.11. The maximum atomic E-state index is 12.8. The van der Waals surface area contributed by atoms with Gasteiger partial charge < -0.3 is 9.73 Å². The van der Waals surface area contributed by atoms with E-state index in [1.54, 1.807) is 0 Å². The summed E-state index contributed by atoms with van der Waals surface area (Å²) in [4.78, 5) is 12.8. The van der Waals surface area contributed by atoms with Crippen LogP contribution in [0, 0.1) is 20.8 Å². The Labute approximate surface area is 131 Å². The van der Waals surface area contributed by atoms with Gasteiger partial charge in [-0.25, -0.2) is 0 Å². The molecule has 0 spiro atoms. The Kier molecular flexibility index (Phi) is 3.59. The van der Waals surface area contributed by atoms with Crippen LogP contribution in [0.1, 0.15) is 54.0 Å². The van der Waals surface area contributed by atoms with Gasteiger partial charge in [0.05, 0.1) is 11.5 Å². The Morgan fingerprint density at radius 3 is 2.27 bits per heavy atom. The van der Waals surface area contributed by atoms with Gasteiger partial charge in [-0.05, 0) is 58.2 Å². The molecule has 1 N–H and O–H groups in total. The smallest absolute Gasteiger partial charge is 0.231 e. The molecule has 3 nitrogen and oxygen atoms in total. The van der Waals surface area contributed by atoms with Crippen LogP contribution in [-0.2, 0) is 10.2 Å². The molecule has 22 heavy (non-hydrogen) atoms. The molecule has 1 unspecified atom stereocenters. The first-order valence-corrected chi connectivity index (χ1v) is 7.87. The van der Waals surface area contributed by atoms with Crippen LogP contribution in [-0.4, -0.2) is 5.91 Å². The van der Waals surface area contributed by atoms with E-state index in [1.165, 1.54) is 11.1 Å². The standard InChI is InChI=1S/C19H23NO2/c1-12-9-13(2)11-16(10-12)19(7-8-19)18(21)20-15(4)17-6-5-14(3)22-17/h5-6,9-11,15H,7-8H2,1-4H3,(H,20,21). The predicted octanol–water partition coefficient (Wildman–Crippen LogP) is 4.11. The van der Waals surface area contributed by atoms with Crippen LogP contribution in [0.3, 0.4) is 0 Å². The lowest BCUT2D eigenvalue weighted by atomic mass is 9.91. The number of nitrogens with one attached hydrogen (secondary N) is 1. The van der Waals surface area contributed by atoms with Crippen LogP contribution in [0.25, 0.3) is 0 Å². The Morgan fingerprint density at radius 1 is 1.14 bits per heavy atom. The van der Waals surface area contributed by atoms with E-state index in [2.05, 4.69) is 37.4 Å². The highest BCUT2D eigenvalue weighted by Crippen LogP contribution is 2.49. The second-order valence-electron chi connectivity index (χ2n) is 6.60. The van der Waals surface area contributed by atoms with Crippen molar-refractivity contribution in [2.24, 2.45) is 0 Å². The maximum Gasteiger partial charge on any atom is 0.231 e. The van der Waals surface area contributed by atoms with E-state index < -0.39 is 0 Å². The molecule has 2 aromatic rings. The van der Waals surface area contributed by atoms with E-state index in [0.717, 1.165) is 29.9 Å². The molecule has 1 aliphatic carbocycles. The van der Waals surface area contributed by atoms with Gasteiger partial charge in [0.15, 0.2) is 0 Å². The number of amides is 1. The minimum absolute atomic E-state index is 0.107. The summed E-state index contributed by atoms with van der Waals surface area (Å²) in [7, 11) is 0. The molecule has 0 saturated heterocycles. The van der Waals surface area contributed by atoms with E-state index in [9.17, 15) is 4.79 Å². The van der Waals surface area contributed by atoms with Crippen LogP contribution >= 0.6 is 0 Å². The van der Waals surface area contributed by atoms with Gasteiger partial charge in [0.25, 0.3) is 0 Å². The third kappa shape index (κ3) is 2.68. The van der Waals surface area contributed by atoms with Crippen molar-refractivity contribution in [3.05, 3.63) is 58.5 Å². The van der Waals surface area contributed by atoms with Gasteiger partial charge in [-0.15, -0.1) is 0 Å². The molecule has 1 fully saturated rings. The number of hydrogen-bond acceptors (Lipinski definition) is 2. The number of hydrogen-bond donors (Lipinski definition) is 1. The van der Waals surface area contributed by atoms with Crippen molar-refractivity contribution in [1.29, 1.82) is 0 Å². The van der Waals surface area contributed by atoms with Crippen molar-refractivity contribution in [3.63, 3.8) is 0 Å². The Balaban J connectivity index is 1.79. The Morgan fingerprint density at radius 2 is 1.77 bits per heavy atom. The largest absolute Gasteiger partial charge is 0.464 e. The van der Waals surface area contributed by atoms with Crippen molar-refractivity contribution in [2.75, 3.05) is 0 Å². The molecule has 3 rings (SSSR count). The number of aryl methyl sites for hydroxylation is 3. The Bertz CT molecular complexity index is 690. The minimum Gasteiger partial charge on any atom is -0.464 e. The van der Waals surface area contributed by atoms with Crippen LogP contribution in [0.4, 0.5) is 0 Å². The fraction of sp³-hybridized carbons (Fsp3) is 0.421. The lowest BCUT2D eigenvalue weighted by Crippen LogP contribution is -2.36. The molecule has 1 amide bonds. The van der Waals surface area contributed by atoms with Gasteiger partial charge in [0.2, 0.25) is 5.91 Å². The topological polar surface area (TPSA) is 42.2 Å². The first kappa shape index (κ1) is 14.9. The number of benzene rings is 1. The highest BCUT2D eigenvalue weighted by molar-refractivity contribution is 5.91. The molecular formula is C19H23NO2. The molecule has 1 atom stereocenters. The van der Waals surface area contributed by atoms with Crippen LogP contribution in [0.15, 0.2) is 34.7 Å². The van der Waals surface area contributed by atoms with E-state index in [0.29, 0.717) is 0 Å². The molecule has 0 bridgehead atoms. The lowest BCUT2D eigenvalue weighted by Gasteiger charge is -2.20. The zero-order chi connectivity index (χ0) is 15.9. The molecule has 1 saturated carbocycles. The summed E-state index contributed by atoms with van der Waals surface area (Å²) in [6, 6.07) is 10.2. The molecule has 1 aromatic heterocycles. The van der Waals surface area contributed by atoms with Crippen molar-refractivity contribution < 1.29 is 9.21 Å². The summed E-state index contributed by atoms with van der Waals surface area (Å²) in [6.07, 6.45) is 1.84. The third-order valence-electron chi connectivity index (χ3n) is 4.49. The second-order valence-corrected chi connectivity index (χ2v) is 6.60. The van der Waals surface area contributed by atoms with Gasteiger partial charge in [-0.3, -0.25) is 4.79 Å². The minimum atomic E-state index is -0.341. The average Bonchev–Trinajstić information content (AvgIpc) is 3.14. The quantitative estimate of drug-likeness (QED) is 0.922. The first-order chi connectivity index (χ1) is 10.4. The normalized spacial score (nSPS) is 17.1. The third-order valence-corrected chi connectivity index (χ3v) is 4.49. The molecule has 0 aliphatic heterocycles. The summed E-state index contributed by atoms with van der Waals surface area (Å²) in [6.45, 7) is 8.04. The number of carbonyl (C=O) groups is 1. The van der Waals surface area contributed by atoms with E-state index >= 15 is 0 Å². The van der Waals surface area contributed by atoms with Gasteiger partial charge >= 0.3 is 0 Å². The second kappa shape index (κ2) is 5.31. The average molecular weight is 297 g/mol. The van der Waals surface area contributed by atoms with Crippen LogP contribution < -0.4 is 5.32 Å². The molecule has 3 heteroatoms. The van der Waals surface area contributed by atoms with Gasteiger partial charge in [-0.2, -0.15) is 0 Å². The summed E-state index contributed by atoms with van der Waals surface area (Å²) in [5.41, 5.74) is 3.23. The zero-order valence-corrected chi connectivity index (χ0v) is 13.7. The summed E-state index contributed by atoms with van der Waals surface area (Å²) in [5, 5.41) is 3.12. The van der Waals surface area contributed by atoms with Crippen molar-refractivity contribution in [3.8, 4) is 0 Å². The van der Waals surface area contributed by atoms with E-state index in [1.807, 2.05) is 26.0 Å². The van der Waals surface area contributed by atoms with Gasteiger partial charge in [0, 0.05) is 0 Å². The maximum absolute atomic E-state index is 12.8. The molecule has 0 radical (unpaired) electrons. The van der Waals surface area contributed by atoms with Crippen LogP contribution in [0.2, 0.25) is 0 Å². The van der Waals surface area contributed by atoms with E-state index in [4.69, 9.17) is 4.42 Å². The van der Waals surface area contributed by atoms with Gasteiger partial charge in [-0.1, -0.05) is 29.3 Å². The fourth-order valence-electron chi connectivity index (χ4n) is 3.11. The molecule has 1 aromatic carbocycles. The monoisotopic (exact) mass is 297 g/mol. The predicted molar refractivity (Wildman–Crippen MR) is 86.8 cm³/mol. The zero-order valence-electron chi connectivity index (χ0n) is 13.7. The Hall–Kier alpha value is -2.03. The number of furan rings is 1. The van der Waals surface area contributed by atoms with Crippen molar-refractivity contribution >= 4 is 5.91 Å². The first-order valence-electron chi connectivity index (χ1n) is 7.87. The lowest BCUT2D eigenvalue weighted by molar-refractivity contribution is -0.124. The SMILES string of the molecule is Cc1cc(C)cc(C2(C(=O)NC(C)c3ccc(C)o3)CC2)c1. The van der Waals surface area contributed by atoms with E-state index in [-0.39, 0.29) is 17.4 Å². The van der Waals surface area contributed by atoms with Crippen molar-refractivity contribution in [1.82, 2.24) is 5.32 Å². The van der Waals surface area contributed by atoms with Crippen molar-refractivity contribution in [2.45, 2.75) is 52.0 Å². The molecule has 116 valence electrons. The summed E-state index contributed by atoms with van der Waals surface area (Å²) in [5.74, 6) is 1.78. The number of rotatable bonds is 4. The number of carbonyl (C=O) groups excluding carboxylic acids is 1.